The van der Waals surface area contributed by atoms with Gasteiger partial charge in [-0.25, -0.2) is 4.98 Å². The van der Waals surface area contributed by atoms with Crippen molar-refractivity contribution in [2.45, 2.75) is 19.4 Å². The molecule has 1 unspecified atom stereocenters. The molecule has 5 nitrogen and oxygen atoms in total. The van der Waals surface area contributed by atoms with E-state index in [9.17, 15) is 0 Å². The molecule has 0 spiro atoms. The van der Waals surface area contributed by atoms with Gasteiger partial charge in [-0.05, 0) is 30.7 Å². The Balaban J connectivity index is 1.94. The van der Waals surface area contributed by atoms with Crippen LogP contribution in [0, 0.1) is 0 Å². The Kier molecular flexibility index (Phi) is 4.10. The Hall–Kier alpha value is -2.01. The normalized spacial score (nSPS) is 15.0. The maximum Gasteiger partial charge on any atom is 0.161 e. The molecule has 1 aliphatic heterocycles. The van der Waals surface area contributed by atoms with Gasteiger partial charge in [0.15, 0.2) is 11.5 Å². The van der Waals surface area contributed by atoms with Crippen molar-refractivity contribution in [1.29, 1.82) is 0 Å². The minimum atomic E-state index is 0.0563. The number of hydrogen-bond acceptors (Lipinski definition) is 4. The summed E-state index contributed by atoms with van der Waals surface area (Å²) in [5.74, 6) is 2.63. The molecule has 0 fully saturated rings. The number of nitrogens with one attached hydrogen (secondary N) is 1. The number of nitrogens with zero attached hydrogens (tertiary/aromatic N) is 2. The van der Waals surface area contributed by atoms with Crippen LogP contribution in [-0.2, 0) is 7.05 Å². The Morgan fingerprint density at radius 1 is 1.29 bits per heavy atom. The summed E-state index contributed by atoms with van der Waals surface area (Å²) in [6.07, 6.45) is 4.87. The molecule has 2 aromatic rings. The number of aryl methyl sites for hydroxylation is 1. The van der Waals surface area contributed by atoms with Gasteiger partial charge in [0.2, 0.25) is 0 Å². The average molecular weight is 287 g/mol. The lowest BCUT2D eigenvalue weighted by molar-refractivity contribution is 0.171. The average Bonchev–Trinajstić information content (AvgIpc) is 2.94. The molecule has 1 aromatic carbocycles. The van der Waals surface area contributed by atoms with Gasteiger partial charge < -0.3 is 19.4 Å². The van der Waals surface area contributed by atoms with E-state index in [1.165, 1.54) is 0 Å². The first kappa shape index (κ1) is 13.9. The standard InChI is InChI=1S/C16H21N3O2/c1-3-6-17-15(16-18-7-8-19(16)2)12-4-5-13-14(11-12)21-10-9-20-13/h4-5,7-8,11,15,17H,3,6,9-10H2,1-2H3. The molecule has 0 bridgehead atoms. The van der Waals surface area contributed by atoms with Crippen LogP contribution in [0.25, 0.3) is 0 Å². The van der Waals surface area contributed by atoms with E-state index < -0.39 is 0 Å². The summed E-state index contributed by atoms with van der Waals surface area (Å²) in [6.45, 7) is 4.31. The molecule has 3 rings (SSSR count). The zero-order chi connectivity index (χ0) is 14.7. The molecule has 0 amide bonds. The Labute approximate surface area is 124 Å². The monoisotopic (exact) mass is 287 g/mol. The molecule has 5 heteroatoms. The molecule has 0 saturated carbocycles. The number of hydrogen-bond donors (Lipinski definition) is 1. The van der Waals surface area contributed by atoms with Crippen LogP contribution in [0.4, 0.5) is 0 Å². The zero-order valence-electron chi connectivity index (χ0n) is 12.5. The number of aromatic nitrogens is 2. The summed E-state index contributed by atoms with van der Waals surface area (Å²) in [5, 5.41) is 3.56. The van der Waals surface area contributed by atoms with Crippen LogP contribution in [0.2, 0.25) is 0 Å². The van der Waals surface area contributed by atoms with Crippen molar-refractivity contribution in [3.05, 3.63) is 42.0 Å². The van der Waals surface area contributed by atoms with Crippen molar-refractivity contribution in [1.82, 2.24) is 14.9 Å². The van der Waals surface area contributed by atoms with E-state index in [0.717, 1.165) is 35.9 Å². The number of rotatable bonds is 5. The Bertz CT molecular complexity index is 609. The van der Waals surface area contributed by atoms with Crippen molar-refractivity contribution in [3.8, 4) is 11.5 Å². The van der Waals surface area contributed by atoms with Crippen molar-refractivity contribution in [3.63, 3.8) is 0 Å². The van der Waals surface area contributed by atoms with Gasteiger partial charge in [-0.15, -0.1) is 0 Å². The highest BCUT2D eigenvalue weighted by Gasteiger charge is 2.20. The van der Waals surface area contributed by atoms with E-state index >= 15 is 0 Å². The van der Waals surface area contributed by atoms with Gasteiger partial charge in [-0.3, -0.25) is 0 Å². The molecule has 0 aliphatic carbocycles. The quantitative estimate of drug-likeness (QED) is 0.916. The third-order valence-corrected chi connectivity index (χ3v) is 3.61. The highest BCUT2D eigenvalue weighted by molar-refractivity contribution is 5.45. The van der Waals surface area contributed by atoms with Gasteiger partial charge in [-0.1, -0.05) is 13.0 Å². The summed E-state index contributed by atoms with van der Waals surface area (Å²) in [5.41, 5.74) is 1.14. The fourth-order valence-electron chi connectivity index (χ4n) is 2.54. The molecule has 1 aliphatic rings. The van der Waals surface area contributed by atoms with Crippen LogP contribution in [0.3, 0.4) is 0 Å². The van der Waals surface area contributed by atoms with Gasteiger partial charge in [0.05, 0.1) is 6.04 Å². The first-order chi connectivity index (χ1) is 10.3. The summed E-state index contributed by atoms with van der Waals surface area (Å²) < 4.78 is 13.3. The van der Waals surface area contributed by atoms with Crippen LogP contribution in [0.15, 0.2) is 30.6 Å². The molecule has 2 heterocycles. The third kappa shape index (κ3) is 2.88. The van der Waals surface area contributed by atoms with E-state index in [2.05, 4.69) is 29.4 Å². The number of fused-ring (bicyclic) bond motifs is 1. The van der Waals surface area contributed by atoms with Gasteiger partial charge in [0.1, 0.15) is 19.0 Å². The number of benzene rings is 1. The largest absolute Gasteiger partial charge is 0.486 e. The second-order valence-electron chi connectivity index (χ2n) is 5.19. The molecule has 21 heavy (non-hydrogen) atoms. The van der Waals surface area contributed by atoms with Crippen LogP contribution >= 0.6 is 0 Å². The fraction of sp³-hybridized carbons (Fsp3) is 0.438. The van der Waals surface area contributed by atoms with Crippen molar-refractivity contribution < 1.29 is 9.47 Å². The highest BCUT2D eigenvalue weighted by atomic mass is 16.6. The molecule has 1 aromatic heterocycles. The first-order valence-electron chi connectivity index (χ1n) is 7.39. The minimum Gasteiger partial charge on any atom is -0.486 e. The number of imidazole rings is 1. The SMILES string of the molecule is CCCNC(c1ccc2c(c1)OCCO2)c1nccn1C. The predicted molar refractivity (Wildman–Crippen MR) is 80.8 cm³/mol. The Morgan fingerprint density at radius 2 is 2.10 bits per heavy atom. The lowest BCUT2D eigenvalue weighted by Crippen LogP contribution is -2.26. The molecule has 1 N–H and O–H groups in total. The van der Waals surface area contributed by atoms with Crippen LogP contribution in [0.1, 0.15) is 30.8 Å². The van der Waals surface area contributed by atoms with Crippen LogP contribution in [0.5, 0.6) is 11.5 Å². The maximum absolute atomic E-state index is 5.69. The van der Waals surface area contributed by atoms with Crippen LogP contribution in [-0.4, -0.2) is 29.3 Å². The molecular formula is C16H21N3O2. The lowest BCUT2D eigenvalue weighted by atomic mass is 10.0. The topological polar surface area (TPSA) is 48.3 Å². The van der Waals surface area contributed by atoms with E-state index in [4.69, 9.17) is 9.47 Å². The zero-order valence-corrected chi connectivity index (χ0v) is 12.5. The fourth-order valence-corrected chi connectivity index (χ4v) is 2.54. The van der Waals surface area contributed by atoms with E-state index in [-0.39, 0.29) is 6.04 Å². The summed E-state index contributed by atoms with van der Waals surface area (Å²) in [6, 6.07) is 6.17. The minimum absolute atomic E-state index is 0.0563. The lowest BCUT2D eigenvalue weighted by Gasteiger charge is -2.23. The first-order valence-corrected chi connectivity index (χ1v) is 7.39. The molecule has 1 atom stereocenters. The van der Waals surface area contributed by atoms with Crippen LogP contribution < -0.4 is 14.8 Å². The van der Waals surface area contributed by atoms with Crippen molar-refractivity contribution in [2.24, 2.45) is 7.05 Å². The maximum atomic E-state index is 5.69. The van der Waals surface area contributed by atoms with Gasteiger partial charge in [0.25, 0.3) is 0 Å². The van der Waals surface area contributed by atoms with Gasteiger partial charge in [0, 0.05) is 19.4 Å². The summed E-state index contributed by atoms with van der Waals surface area (Å²) in [4.78, 5) is 4.49. The third-order valence-electron chi connectivity index (χ3n) is 3.61. The van der Waals surface area contributed by atoms with Gasteiger partial charge >= 0.3 is 0 Å². The Morgan fingerprint density at radius 3 is 2.81 bits per heavy atom. The summed E-state index contributed by atoms with van der Waals surface area (Å²) in [7, 11) is 2.01. The van der Waals surface area contributed by atoms with Gasteiger partial charge in [-0.2, -0.15) is 0 Å². The second-order valence-corrected chi connectivity index (χ2v) is 5.19. The van der Waals surface area contributed by atoms with Crippen molar-refractivity contribution in [2.75, 3.05) is 19.8 Å². The molecule has 112 valence electrons. The molecular weight excluding hydrogens is 266 g/mol. The number of ether oxygens (including phenoxy) is 2. The smallest absolute Gasteiger partial charge is 0.161 e. The van der Waals surface area contributed by atoms with Crippen molar-refractivity contribution >= 4 is 0 Å². The van der Waals surface area contributed by atoms with E-state index in [1.807, 2.05) is 30.1 Å². The second kappa shape index (κ2) is 6.18. The van der Waals surface area contributed by atoms with E-state index in [0.29, 0.717) is 13.2 Å². The highest BCUT2D eigenvalue weighted by Crippen LogP contribution is 2.33. The predicted octanol–water partition coefficient (Wildman–Crippen LogP) is 2.28. The van der Waals surface area contributed by atoms with E-state index in [1.54, 1.807) is 0 Å². The molecule has 0 radical (unpaired) electrons. The molecule has 0 saturated heterocycles. The summed E-state index contributed by atoms with van der Waals surface area (Å²) >= 11 is 0.